The van der Waals surface area contributed by atoms with E-state index in [1.165, 1.54) is 6.07 Å². The summed E-state index contributed by atoms with van der Waals surface area (Å²) >= 11 is 0. The maximum atomic E-state index is 15.9. The average molecular weight is 698 g/mol. The number of ether oxygens (including phenoxy) is 2. The number of aromatic nitrogens is 4. The van der Waals surface area contributed by atoms with Gasteiger partial charge in [-0.05, 0) is 102 Å². The van der Waals surface area contributed by atoms with E-state index in [2.05, 4.69) is 27.1 Å². The lowest BCUT2D eigenvalue weighted by Gasteiger charge is -2.47. The van der Waals surface area contributed by atoms with E-state index in [4.69, 9.17) is 14.5 Å². The van der Waals surface area contributed by atoms with Crippen LogP contribution in [0.1, 0.15) is 82.3 Å². The van der Waals surface area contributed by atoms with Crippen molar-refractivity contribution in [2.75, 3.05) is 43.0 Å². The van der Waals surface area contributed by atoms with Crippen LogP contribution in [0.15, 0.2) is 42.7 Å². The quantitative estimate of drug-likeness (QED) is 0.216. The molecule has 4 aromatic rings. The first-order valence-electron chi connectivity index (χ1n) is 18.2. The number of nitrogens with one attached hydrogen (secondary N) is 1. The third kappa shape index (κ3) is 7.50. The zero-order chi connectivity index (χ0) is 35.9. The summed E-state index contributed by atoms with van der Waals surface area (Å²) in [7, 11) is 0. The first kappa shape index (κ1) is 34.7. The lowest BCUT2D eigenvalue weighted by Crippen LogP contribution is -2.49. The highest BCUT2D eigenvalue weighted by Crippen LogP contribution is 2.43. The molecule has 3 aliphatic rings. The standard InChI is InChI=1S/C39H48FN7O4/c1-25-7-6-18-50-34-8-13-41-23-28(34)30-20-27(19-26(2)42-30)35(48)44-36-43-31-21-29(40)32(22-33(31)47(36)24-25)45-14-9-39(10-15-45)11-16-46(17-12-39)37(49)51-38(3,4)5/h8,13,19-23,25H,6-7,9-12,14-18,24H2,1-5H3,(H,43,44,48)/t25-/m1/s1. The minimum absolute atomic E-state index is 0.137. The number of carbonyl (C=O) groups excluding carboxylic acids is 2. The van der Waals surface area contributed by atoms with Gasteiger partial charge in [-0.1, -0.05) is 6.92 Å². The van der Waals surface area contributed by atoms with E-state index in [0.717, 1.165) is 62.7 Å². The fraction of sp³-hybridized carbons (Fsp3) is 0.513. The second-order valence-corrected chi connectivity index (χ2v) is 15.6. The SMILES string of the molecule is Cc1cc2cc(n1)-c1cnccc1OCCC[C@@H](C)Cn1c(nc3cc(F)c(N4CCC5(CCN(C(=O)OC(C)(C)C)CC5)CC4)cc31)NC2=O. The van der Waals surface area contributed by atoms with Gasteiger partial charge in [0.05, 0.1) is 34.6 Å². The van der Waals surface area contributed by atoms with Crippen molar-refractivity contribution in [2.24, 2.45) is 11.3 Å². The van der Waals surface area contributed by atoms with E-state index >= 15 is 4.39 Å². The summed E-state index contributed by atoms with van der Waals surface area (Å²) in [5.41, 5.74) is 3.89. The van der Waals surface area contributed by atoms with E-state index in [0.29, 0.717) is 66.1 Å². The number of aryl methyl sites for hydroxylation is 1. The van der Waals surface area contributed by atoms with Crippen molar-refractivity contribution in [1.29, 1.82) is 0 Å². The molecule has 6 heterocycles. The van der Waals surface area contributed by atoms with Gasteiger partial charge in [-0.2, -0.15) is 0 Å². The Labute approximate surface area is 298 Å². The van der Waals surface area contributed by atoms with E-state index in [9.17, 15) is 9.59 Å². The molecule has 0 aliphatic carbocycles. The molecule has 0 unspecified atom stereocenters. The molecule has 12 heteroatoms. The number of rotatable bonds is 1. The molecule has 7 rings (SSSR count). The predicted octanol–water partition coefficient (Wildman–Crippen LogP) is 7.62. The van der Waals surface area contributed by atoms with Gasteiger partial charge in [0.15, 0.2) is 0 Å². The van der Waals surface area contributed by atoms with Crippen LogP contribution in [0.5, 0.6) is 5.75 Å². The van der Waals surface area contributed by atoms with Crippen molar-refractivity contribution in [3.8, 4) is 17.0 Å². The molecular weight excluding hydrogens is 649 g/mol. The van der Waals surface area contributed by atoms with Gasteiger partial charge in [-0.15, -0.1) is 0 Å². The van der Waals surface area contributed by atoms with E-state index in [1.807, 2.05) is 49.3 Å². The Morgan fingerprint density at radius 2 is 1.80 bits per heavy atom. The number of anilines is 2. The highest BCUT2D eigenvalue weighted by Gasteiger charge is 2.40. The van der Waals surface area contributed by atoms with Gasteiger partial charge in [-0.25, -0.2) is 14.2 Å². The number of amides is 2. The van der Waals surface area contributed by atoms with Crippen LogP contribution in [-0.2, 0) is 11.3 Å². The number of carbonyl (C=O) groups is 2. The monoisotopic (exact) mass is 697 g/mol. The lowest BCUT2D eigenvalue weighted by atomic mass is 9.71. The molecule has 0 saturated carbocycles. The van der Waals surface area contributed by atoms with Crippen molar-refractivity contribution >= 4 is 34.7 Å². The van der Waals surface area contributed by atoms with Crippen molar-refractivity contribution in [1.82, 2.24) is 24.4 Å². The van der Waals surface area contributed by atoms with Crippen molar-refractivity contribution in [3.05, 3.63) is 59.8 Å². The minimum atomic E-state index is -0.516. The van der Waals surface area contributed by atoms with E-state index in [-0.39, 0.29) is 29.2 Å². The summed E-state index contributed by atoms with van der Waals surface area (Å²) < 4.78 is 29.7. The van der Waals surface area contributed by atoms with Gasteiger partial charge in [-0.3, -0.25) is 20.1 Å². The number of piperidine rings is 2. The van der Waals surface area contributed by atoms with Gasteiger partial charge >= 0.3 is 6.09 Å². The Hall–Kier alpha value is -4.74. The van der Waals surface area contributed by atoms with Crippen LogP contribution in [0.3, 0.4) is 0 Å². The zero-order valence-corrected chi connectivity index (χ0v) is 30.3. The Morgan fingerprint density at radius 3 is 2.55 bits per heavy atom. The number of fused-ring (bicyclic) bond motifs is 7. The first-order chi connectivity index (χ1) is 24.4. The average Bonchev–Trinajstić information content (AvgIpc) is 3.40. The Kier molecular flexibility index (Phi) is 9.36. The smallest absolute Gasteiger partial charge is 0.410 e. The van der Waals surface area contributed by atoms with Crippen LogP contribution < -0.4 is 15.0 Å². The Morgan fingerprint density at radius 1 is 1.06 bits per heavy atom. The van der Waals surface area contributed by atoms with Crippen LogP contribution in [0, 0.1) is 24.1 Å². The molecule has 2 fully saturated rings. The van der Waals surface area contributed by atoms with Gasteiger partial charge < -0.3 is 23.8 Å². The van der Waals surface area contributed by atoms with E-state index in [1.54, 1.807) is 24.5 Å². The summed E-state index contributed by atoms with van der Waals surface area (Å²) in [5, 5.41) is 3.05. The molecular formula is C39H48FN7O4. The molecule has 2 saturated heterocycles. The topological polar surface area (TPSA) is 115 Å². The van der Waals surface area contributed by atoms with Crippen LogP contribution in [0.4, 0.5) is 20.8 Å². The minimum Gasteiger partial charge on any atom is -0.493 e. The largest absolute Gasteiger partial charge is 0.493 e. The number of nitrogens with zero attached hydrogens (tertiary/aromatic N) is 6. The number of likely N-dealkylation sites (tertiary alicyclic amines) is 1. The van der Waals surface area contributed by atoms with Crippen molar-refractivity contribution in [2.45, 2.75) is 85.3 Å². The summed E-state index contributed by atoms with van der Waals surface area (Å²) in [6.45, 7) is 13.6. The molecule has 11 nitrogen and oxygen atoms in total. The molecule has 51 heavy (non-hydrogen) atoms. The van der Waals surface area contributed by atoms with Crippen LogP contribution in [0.2, 0.25) is 0 Å². The maximum Gasteiger partial charge on any atom is 0.410 e. The third-order valence-corrected chi connectivity index (χ3v) is 10.5. The molecule has 0 radical (unpaired) electrons. The fourth-order valence-corrected chi connectivity index (χ4v) is 7.70. The molecule has 1 aromatic carbocycles. The van der Waals surface area contributed by atoms with Crippen LogP contribution in [0.25, 0.3) is 22.3 Å². The molecule has 270 valence electrons. The van der Waals surface area contributed by atoms with Gasteiger partial charge in [0, 0.05) is 62.4 Å². The number of pyridine rings is 2. The van der Waals surface area contributed by atoms with Gasteiger partial charge in [0.25, 0.3) is 5.91 Å². The third-order valence-electron chi connectivity index (χ3n) is 10.5. The maximum absolute atomic E-state index is 15.9. The molecule has 2 amide bonds. The summed E-state index contributed by atoms with van der Waals surface area (Å²) in [6.07, 6.45) is 8.56. The highest BCUT2D eigenvalue weighted by molar-refractivity contribution is 6.05. The first-order valence-corrected chi connectivity index (χ1v) is 18.2. The van der Waals surface area contributed by atoms with Crippen LogP contribution >= 0.6 is 0 Å². The number of halogens is 1. The number of hydrogen-bond donors (Lipinski definition) is 1. The predicted molar refractivity (Wildman–Crippen MR) is 195 cm³/mol. The second-order valence-electron chi connectivity index (χ2n) is 15.6. The summed E-state index contributed by atoms with van der Waals surface area (Å²) in [6, 6.07) is 8.71. The molecule has 1 spiro atoms. The van der Waals surface area contributed by atoms with Gasteiger partial charge in [0.2, 0.25) is 5.95 Å². The molecule has 2 bridgehead atoms. The molecule has 3 aliphatic heterocycles. The molecule has 1 atom stereocenters. The van der Waals surface area contributed by atoms with Gasteiger partial charge in [0.1, 0.15) is 17.2 Å². The highest BCUT2D eigenvalue weighted by atomic mass is 19.1. The second kappa shape index (κ2) is 13.8. The molecule has 3 aromatic heterocycles. The Balaban J connectivity index is 1.14. The number of benzene rings is 1. The molecule has 1 N–H and O–H groups in total. The van der Waals surface area contributed by atoms with Crippen molar-refractivity contribution < 1.29 is 23.5 Å². The zero-order valence-electron chi connectivity index (χ0n) is 30.3. The summed E-state index contributed by atoms with van der Waals surface area (Å²) in [4.78, 5) is 44.1. The Bertz CT molecular complexity index is 1940. The number of hydrogen-bond acceptors (Lipinski definition) is 8. The van der Waals surface area contributed by atoms with E-state index < -0.39 is 5.60 Å². The lowest BCUT2D eigenvalue weighted by molar-refractivity contribution is 0.00662. The summed E-state index contributed by atoms with van der Waals surface area (Å²) in [5.74, 6) is 0.641. The fourth-order valence-electron chi connectivity index (χ4n) is 7.70. The van der Waals surface area contributed by atoms with Crippen molar-refractivity contribution in [3.63, 3.8) is 0 Å². The van der Waals surface area contributed by atoms with Crippen LogP contribution in [-0.4, -0.2) is 74.8 Å². The normalized spacial score (nSPS) is 19.7. The number of imidazole rings is 1.